The monoisotopic (exact) mass is 389 g/mol. The fraction of sp³-hybridized carbons (Fsp3) is 0.167. The number of aryl methyl sites for hydroxylation is 1. The van der Waals surface area contributed by atoms with Gasteiger partial charge < -0.3 is 5.32 Å². The van der Waals surface area contributed by atoms with E-state index in [0.29, 0.717) is 11.7 Å². The van der Waals surface area contributed by atoms with E-state index in [-0.39, 0.29) is 0 Å². The number of anilines is 1. The van der Waals surface area contributed by atoms with Gasteiger partial charge in [0.2, 0.25) is 0 Å². The van der Waals surface area contributed by atoms with Crippen molar-refractivity contribution in [3.05, 3.63) is 49.9 Å². The Kier molecular flexibility index (Phi) is 4.59. The number of rotatable bonds is 3. The zero-order valence-electron chi connectivity index (χ0n) is 9.54. The van der Waals surface area contributed by atoms with Crippen molar-refractivity contribution in [3.8, 4) is 0 Å². The van der Waals surface area contributed by atoms with Gasteiger partial charge in [0.1, 0.15) is 0 Å². The molecule has 2 aromatic heterocycles. The van der Waals surface area contributed by atoms with Gasteiger partial charge in [-0.05, 0) is 56.5 Å². The summed E-state index contributed by atoms with van der Waals surface area (Å²) in [5.41, 5.74) is 2.82. The summed E-state index contributed by atoms with van der Waals surface area (Å²) in [6.45, 7) is 2.57. The Morgan fingerprint density at radius 1 is 1.33 bits per heavy atom. The van der Waals surface area contributed by atoms with Crippen LogP contribution in [0.5, 0.6) is 0 Å². The standard InChI is InChI=1S/C12H10Br2ClN3/c1-7-2-3-16-12(15)11(7)18-6-10-9(14)4-8(13)5-17-10/h2-5,18H,6H2,1H3. The summed E-state index contributed by atoms with van der Waals surface area (Å²) in [6.07, 6.45) is 3.45. The Hall–Kier alpha value is -0.650. The Labute approximate surface area is 127 Å². The third-order valence-corrected chi connectivity index (χ3v) is 3.84. The minimum atomic E-state index is 0.475. The second-order valence-corrected chi connectivity index (χ2v) is 5.86. The number of hydrogen-bond acceptors (Lipinski definition) is 3. The fourth-order valence-corrected chi connectivity index (χ4v) is 2.88. The summed E-state index contributed by atoms with van der Waals surface area (Å²) < 4.78 is 1.88. The molecule has 0 aromatic carbocycles. The first-order chi connectivity index (χ1) is 8.58. The van der Waals surface area contributed by atoms with E-state index >= 15 is 0 Å². The molecule has 0 fully saturated rings. The molecular formula is C12H10Br2ClN3. The molecule has 0 aliphatic heterocycles. The molecule has 18 heavy (non-hydrogen) atoms. The molecule has 0 bridgehead atoms. The number of nitrogens with zero attached hydrogens (tertiary/aromatic N) is 2. The van der Waals surface area contributed by atoms with E-state index in [4.69, 9.17) is 11.6 Å². The van der Waals surface area contributed by atoms with Crippen LogP contribution < -0.4 is 5.32 Å². The van der Waals surface area contributed by atoms with Crippen molar-refractivity contribution in [2.75, 3.05) is 5.32 Å². The zero-order valence-corrected chi connectivity index (χ0v) is 13.5. The zero-order chi connectivity index (χ0) is 13.1. The first-order valence-corrected chi connectivity index (χ1v) is 7.19. The lowest BCUT2D eigenvalue weighted by Gasteiger charge is -2.11. The summed E-state index contributed by atoms with van der Waals surface area (Å²) in [5, 5.41) is 3.73. The molecule has 0 atom stereocenters. The molecule has 0 unspecified atom stereocenters. The molecular weight excluding hydrogens is 381 g/mol. The first-order valence-electron chi connectivity index (χ1n) is 5.23. The van der Waals surface area contributed by atoms with E-state index in [9.17, 15) is 0 Å². The number of aromatic nitrogens is 2. The lowest BCUT2D eigenvalue weighted by molar-refractivity contribution is 1.02. The average molecular weight is 391 g/mol. The van der Waals surface area contributed by atoms with Crippen LogP contribution in [0.3, 0.4) is 0 Å². The number of nitrogens with one attached hydrogen (secondary N) is 1. The Morgan fingerprint density at radius 2 is 2.11 bits per heavy atom. The van der Waals surface area contributed by atoms with E-state index in [1.165, 1.54) is 0 Å². The molecule has 0 saturated carbocycles. The van der Waals surface area contributed by atoms with Crippen LogP contribution in [0.2, 0.25) is 5.15 Å². The molecule has 2 rings (SSSR count). The smallest absolute Gasteiger partial charge is 0.152 e. The van der Waals surface area contributed by atoms with Gasteiger partial charge in [0.25, 0.3) is 0 Å². The predicted molar refractivity (Wildman–Crippen MR) is 80.9 cm³/mol. The van der Waals surface area contributed by atoms with Gasteiger partial charge in [-0.25, -0.2) is 4.98 Å². The second-order valence-electron chi connectivity index (χ2n) is 3.73. The maximum Gasteiger partial charge on any atom is 0.152 e. The highest BCUT2D eigenvalue weighted by molar-refractivity contribution is 9.11. The van der Waals surface area contributed by atoms with Crippen LogP contribution in [0.4, 0.5) is 5.69 Å². The van der Waals surface area contributed by atoms with E-state index in [1.54, 1.807) is 12.4 Å². The van der Waals surface area contributed by atoms with Crippen molar-refractivity contribution in [2.45, 2.75) is 13.5 Å². The van der Waals surface area contributed by atoms with Crippen molar-refractivity contribution in [3.63, 3.8) is 0 Å². The molecule has 0 amide bonds. The van der Waals surface area contributed by atoms with Crippen LogP contribution in [0.25, 0.3) is 0 Å². The SMILES string of the molecule is Cc1ccnc(Cl)c1NCc1ncc(Br)cc1Br. The maximum atomic E-state index is 6.05. The molecule has 2 heterocycles. The minimum absolute atomic E-state index is 0.475. The molecule has 2 aromatic rings. The van der Waals surface area contributed by atoms with Gasteiger partial charge in [0.05, 0.1) is 17.9 Å². The van der Waals surface area contributed by atoms with Crippen LogP contribution in [0.15, 0.2) is 33.5 Å². The lowest BCUT2D eigenvalue weighted by Crippen LogP contribution is -2.05. The van der Waals surface area contributed by atoms with Gasteiger partial charge in [0.15, 0.2) is 5.15 Å². The van der Waals surface area contributed by atoms with Gasteiger partial charge in [-0.2, -0.15) is 0 Å². The highest BCUT2D eigenvalue weighted by Crippen LogP contribution is 2.25. The molecule has 0 aliphatic carbocycles. The van der Waals surface area contributed by atoms with Crippen LogP contribution >= 0.6 is 43.5 Å². The topological polar surface area (TPSA) is 37.8 Å². The highest BCUT2D eigenvalue weighted by Gasteiger charge is 2.07. The highest BCUT2D eigenvalue weighted by atomic mass is 79.9. The number of pyridine rings is 2. The summed E-state index contributed by atoms with van der Waals surface area (Å²) in [6, 6.07) is 3.87. The Morgan fingerprint density at radius 3 is 2.78 bits per heavy atom. The van der Waals surface area contributed by atoms with Crippen LogP contribution in [0, 0.1) is 6.92 Å². The van der Waals surface area contributed by atoms with Gasteiger partial charge >= 0.3 is 0 Å². The van der Waals surface area contributed by atoms with Crippen LogP contribution in [0.1, 0.15) is 11.3 Å². The summed E-state index contributed by atoms with van der Waals surface area (Å²) in [5.74, 6) is 0. The van der Waals surface area contributed by atoms with Crippen molar-refractivity contribution >= 4 is 49.1 Å². The van der Waals surface area contributed by atoms with E-state index in [0.717, 1.165) is 25.9 Å². The molecule has 0 radical (unpaired) electrons. The van der Waals surface area contributed by atoms with Crippen LogP contribution in [-0.4, -0.2) is 9.97 Å². The molecule has 6 heteroatoms. The maximum absolute atomic E-state index is 6.05. The third kappa shape index (κ3) is 3.22. The largest absolute Gasteiger partial charge is 0.377 e. The van der Waals surface area contributed by atoms with Gasteiger partial charge in [-0.3, -0.25) is 4.98 Å². The normalized spacial score (nSPS) is 10.4. The summed E-state index contributed by atoms with van der Waals surface area (Å²) in [7, 11) is 0. The molecule has 0 aliphatic rings. The van der Waals surface area contributed by atoms with E-state index in [2.05, 4.69) is 47.1 Å². The van der Waals surface area contributed by atoms with Gasteiger partial charge in [-0.15, -0.1) is 0 Å². The molecule has 0 spiro atoms. The van der Waals surface area contributed by atoms with Crippen molar-refractivity contribution in [1.82, 2.24) is 9.97 Å². The quantitative estimate of drug-likeness (QED) is 0.779. The Balaban J connectivity index is 2.16. The predicted octanol–water partition coefficient (Wildman–Crippen LogP) is 4.58. The third-order valence-electron chi connectivity index (χ3n) is 2.43. The lowest BCUT2D eigenvalue weighted by atomic mass is 10.2. The molecule has 3 nitrogen and oxygen atoms in total. The minimum Gasteiger partial charge on any atom is -0.377 e. The van der Waals surface area contributed by atoms with Crippen molar-refractivity contribution in [2.24, 2.45) is 0 Å². The second kappa shape index (κ2) is 5.99. The molecule has 94 valence electrons. The number of hydrogen-bond donors (Lipinski definition) is 1. The molecule has 0 saturated heterocycles. The average Bonchev–Trinajstić information content (AvgIpc) is 2.31. The van der Waals surface area contributed by atoms with E-state index < -0.39 is 0 Å². The summed E-state index contributed by atoms with van der Waals surface area (Å²) in [4.78, 5) is 8.38. The number of halogens is 3. The van der Waals surface area contributed by atoms with Crippen molar-refractivity contribution in [1.29, 1.82) is 0 Å². The van der Waals surface area contributed by atoms with Gasteiger partial charge in [-0.1, -0.05) is 11.6 Å². The fourth-order valence-electron chi connectivity index (χ4n) is 1.48. The summed E-state index contributed by atoms with van der Waals surface area (Å²) >= 11 is 12.9. The van der Waals surface area contributed by atoms with E-state index in [1.807, 2.05) is 19.1 Å². The van der Waals surface area contributed by atoms with Gasteiger partial charge in [0, 0.05) is 21.3 Å². The van der Waals surface area contributed by atoms with Crippen LogP contribution in [-0.2, 0) is 6.54 Å². The van der Waals surface area contributed by atoms with Crippen molar-refractivity contribution < 1.29 is 0 Å². The Bertz CT molecular complexity index is 555. The first kappa shape index (κ1) is 13.8. The molecule has 1 N–H and O–H groups in total.